The summed E-state index contributed by atoms with van der Waals surface area (Å²) in [6.07, 6.45) is 1.44. The van der Waals surface area contributed by atoms with Gasteiger partial charge in [-0.05, 0) is 19.1 Å². The Balaban J connectivity index is 1.97. The largest absolute Gasteiger partial charge is 0.351 e. The van der Waals surface area contributed by atoms with Crippen LogP contribution < -0.4 is 16.6 Å². The molecule has 0 saturated heterocycles. The van der Waals surface area contributed by atoms with Crippen molar-refractivity contribution in [1.29, 1.82) is 0 Å². The Hall–Kier alpha value is -3.14. The topological polar surface area (TPSA) is 136 Å². The van der Waals surface area contributed by atoms with Crippen molar-refractivity contribution in [1.82, 2.24) is 25.1 Å². The third-order valence-corrected chi connectivity index (χ3v) is 4.31. The quantitative estimate of drug-likeness (QED) is 0.466. The first-order valence-electron chi connectivity index (χ1n) is 7.26. The number of fused-ring (bicyclic) bond motifs is 1. The summed E-state index contributed by atoms with van der Waals surface area (Å²) in [5, 5.41) is 6.09. The lowest BCUT2D eigenvalue weighted by molar-refractivity contribution is -0.119. The van der Waals surface area contributed by atoms with Crippen LogP contribution in [0, 0.1) is 0 Å². The minimum atomic E-state index is -0.934. The van der Waals surface area contributed by atoms with Crippen molar-refractivity contribution < 1.29 is 9.59 Å². The van der Waals surface area contributed by atoms with Crippen LogP contribution >= 0.6 is 11.8 Å². The number of rotatable bonds is 4. The highest BCUT2D eigenvalue weighted by Gasteiger charge is 2.19. The van der Waals surface area contributed by atoms with Gasteiger partial charge >= 0.3 is 6.03 Å². The first kappa shape index (κ1) is 16.7. The standard InChI is InChI=1S/C15H14N6O3S/c1-8(12(22)19-14(16)24)25-15-18-11-10(13(23)20-15)7-17-21(11)9-5-3-2-4-6-9/h2-8H,1H3,(H,18,20,23)(H3,16,19,22,24)/t8-/m0/s1. The lowest BCUT2D eigenvalue weighted by atomic mass is 10.3. The number of aromatic nitrogens is 4. The van der Waals surface area contributed by atoms with Gasteiger partial charge in [-0.2, -0.15) is 5.10 Å². The van der Waals surface area contributed by atoms with Crippen molar-refractivity contribution in [2.45, 2.75) is 17.3 Å². The molecule has 4 N–H and O–H groups in total. The Morgan fingerprint density at radius 1 is 1.32 bits per heavy atom. The summed E-state index contributed by atoms with van der Waals surface area (Å²) in [4.78, 5) is 41.8. The molecule has 0 unspecified atom stereocenters. The summed E-state index contributed by atoms with van der Waals surface area (Å²) < 4.78 is 1.54. The maximum Gasteiger partial charge on any atom is 0.318 e. The number of nitrogens with zero attached hydrogens (tertiary/aromatic N) is 3. The van der Waals surface area contributed by atoms with E-state index in [9.17, 15) is 14.4 Å². The summed E-state index contributed by atoms with van der Waals surface area (Å²) in [7, 11) is 0. The van der Waals surface area contributed by atoms with Crippen LogP contribution in [0.5, 0.6) is 0 Å². The van der Waals surface area contributed by atoms with Crippen molar-refractivity contribution in [3.63, 3.8) is 0 Å². The van der Waals surface area contributed by atoms with Crippen LogP contribution in [0.25, 0.3) is 16.7 Å². The zero-order valence-electron chi connectivity index (χ0n) is 13.1. The number of nitrogens with two attached hydrogens (primary N) is 1. The summed E-state index contributed by atoms with van der Waals surface area (Å²) in [5.41, 5.74) is 5.70. The van der Waals surface area contributed by atoms with Crippen LogP contribution in [0.3, 0.4) is 0 Å². The Morgan fingerprint density at radius 2 is 2.04 bits per heavy atom. The maximum absolute atomic E-state index is 12.2. The predicted molar refractivity (Wildman–Crippen MR) is 92.5 cm³/mol. The molecule has 2 aromatic heterocycles. The summed E-state index contributed by atoms with van der Waals surface area (Å²) >= 11 is 1.00. The van der Waals surface area contributed by atoms with E-state index in [0.717, 1.165) is 17.4 Å². The van der Waals surface area contributed by atoms with Gasteiger partial charge in [0.15, 0.2) is 10.8 Å². The molecule has 2 heterocycles. The van der Waals surface area contributed by atoms with Gasteiger partial charge in [0.1, 0.15) is 5.39 Å². The van der Waals surface area contributed by atoms with Gasteiger partial charge in [-0.25, -0.2) is 14.5 Å². The normalized spacial score (nSPS) is 12.0. The lowest BCUT2D eigenvalue weighted by Gasteiger charge is -2.09. The monoisotopic (exact) mass is 358 g/mol. The Bertz CT molecular complexity index is 997. The van der Waals surface area contributed by atoms with Crippen molar-refractivity contribution in [2.75, 3.05) is 0 Å². The number of para-hydroxylation sites is 1. The van der Waals surface area contributed by atoms with Gasteiger partial charge < -0.3 is 10.7 Å². The molecule has 3 aromatic rings. The van der Waals surface area contributed by atoms with Crippen LogP contribution in [0.2, 0.25) is 0 Å². The van der Waals surface area contributed by atoms with Crippen molar-refractivity contribution >= 4 is 34.7 Å². The molecule has 0 radical (unpaired) electrons. The Labute approximate surface area is 145 Å². The molecule has 1 atom stereocenters. The van der Waals surface area contributed by atoms with Crippen LogP contribution in [-0.2, 0) is 4.79 Å². The zero-order chi connectivity index (χ0) is 18.0. The third kappa shape index (κ3) is 3.53. The van der Waals surface area contributed by atoms with Gasteiger partial charge in [-0.3, -0.25) is 14.9 Å². The van der Waals surface area contributed by atoms with E-state index in [1.807, 2.05) is 35.6 Å². The highest BCUT2D eigenvalue weighted by Crippen LogP contribution is 2.21. The molecule has 0 aliphatic rings. The molecule has 9 nitrogen and oxygen atoms in total. The fourth-order valence-electron chi connectivity index (χ4n) is 2.16. The molecule has 0 aliphatic carbocycles. The van der Waals surface area contributed by atoms with Crippen LogP contribution in [0.1, 0.15) is 6.92 Å². The molecule has 0 spiro atoms. The van der Waals surface area contributed by atoms with Crippen LogP contribution in [0.4, 0.5) is 4.79 Å². The van der Waals surface area contributed by atoms with E-state index in [-0.39, 0.29) is 10.7 Å². The van der Waals surface area contributed by atoms with E-state index in [0.29, 0.717) is 11.0 Å². The van der Waals surface area contributed by atoms with Gasteiger partial charge in [0.05, 0.1) is 17.1 Å². The fourth-order valence-corrected chi connectivity index (χ4v) is 2.95. The molecule has 3 rings (SSSR count). The number of aromatic amines is 1. The average Bonchev–Trinajstić information content (AvgIpc) is 2.99. The second-order valence-electron chi connectivity index (χ2n) is 5.11. The number of primary amides is 1. The Morgan fingerprint density at radius 3 is 2.72 bits per heavy atom. The second-order valence-corrected chi connectivity index (χ2v) is 6.44. The summed E-state index contributed by atoms with van der Waals surface area (Å²) in [6.45, 7) is 1.57. The second kappa shape index (κ2) is 6.77. The number of thioether (sulfide) groups is 1. The van der Waals surface area contributed by atoms with E-state index in [1.165, 1.54) is 6.20 Å². The van der Waals surface area contributed by atoms with Gasteiger partial charge in [0.2, 0.25) is 5.91 Å². The number of hydrogen-bond donors (Lipinski definition) is 3. The maximum atomic E-state index is 12.2. The number of hydrogen-bond acceptors (Lipinski definition) is 6. The molecule has 128 valence electrons. The summed E-state index contributed by atoms with van der Waals surface area (Å²) in [5.74, 6) is -0.572. The Kier molecular flexibility index (Phi) is 4.52. The predicted octanol–water partition coefficient (Wildman–Crippen LogP) is 0.784. The number of H-pyrrole nitrogens is 1. The molecule has 10 heteroatoms. The van der Waals surface area contributed by atoms with Crippen LogP contribution in [0.15, 0.2) is 46.5 Å². The van der Waals surface area contributed by atoms with Crippen molar-refractivity contribution in [2.24, 2.45) is 5.73 Å². The SMILES string of the molecule is C[C@H](Sc1nc2c(cnn2-c2ccccc2)c(=O)[nH]1)C(=O)NC(N)=O. The number of carbonyl (C=O) groups excluding carboxylic acids is 2. The molecule has 0 bridgehead atoms. The molecule has 0 aliphatic heterocycles. The molecule has 1 aromatic carbocycles. The first-order valence-corrected chi connectivity index (χ1v) is 8.14. The number of carbonyl (C=O) groups is 2. The van der Waals surface area contributed by atoms with Gasteiger partial charge in [0.25, 0.3) is 5.56 Å². The van der Waals surface area contributed by atoms with E-state index < -0.39 is 17.2 Å². The number of urea groups is 1. The highest BCUT2D eigenvalue weighted by atomic mass is 32.2. The molecular weight excluding hydrogens is 344 g/mol. The van der Waals surface area contributed by atoms with Crippen LogP contribution in [-0.4, -0.2) is 36.9 Å². The number of imide groups is 1. The number of amides is 3. The zero-order valence-corrected chi connectivity index (χ0v) is 13.9. The number of benzene rings is 1. The van der Waals surface area contributed by atoms with E-state index in [2.05, 4.69) is 15.1 Å². The van der Waals surface area contributed by atoms with E-state index in [4.69, 9.17) is 5.73 Å². The number of nitrogens with one attached hydrogen (secondary N) is 2. The molecular formula is C15H14N6O3S. The highest BCUT2D eigenvalue weighted by molar-refractivity contribution is 8.00. The molecule has 25 heavy (non-hydrogen) atoms. The smallest absolute Gasteiger partial charge is 0.318 e. The minimum Gasteiger partial charge on any atom is -0.351 e. The van der Waals surface area contributed by atoms with Crippen molar-refractivity contribution in [3.05, 3.63) is 46.9 Å². The molecule has 0 fully saturated rings. The van der Waals surface area contributed by atoms with Gasteiger partial charge in [-0.15, -0.1) is 0 Å². The van der Waals surface area contributed by atoms with Gasteiger partial charge in [-0.1, -0.05) is 30.0 Å². The van der Waals surface area contributed by atoms with Crippen molar-refractivity contribution in [3.8, 4) is 5.69 Å². The minimum absolute atomic E-state index is 0.238. The fraction of sp³-hybridized carbons (Fsp3) is 0.133. The third-order valence-electron chi connectivity index (χ3n) is 3.32. The summed E-state index contributed by atoms with van der Waals surface area (Å²) in [6, 6.07) is 8.31. The van der Waals surface area contributed by atoms with Gasteiger partial charge in [0, 0.05) is 0 Å². The van der Waals surface area contributed by atoms with E-state index in [1.54, 1.807) is 11.6 Å². The molecule has 0 saturated carbocycles. The average molecular weight is 358 g/mol. The first-order chi connectivity index (χ1) is 12.0. The molecule has 3 amide bonds. The lowest BCUT2D eigenvalue weighted by Crippen LogP contribution is -2.39. The van der Waals surface area contributed by atoms with E-state index >= 15 is 0 Å².